The highest BCUT2D eigenvalue weighted by molar-refractivity contribution is 6.01. The van der Waals surface area contributed by atoms with Crippen molar-refractivity contribution in [1.29, 1.82) is 0 Å². The number of hydrazone groups is 1. The summed E-state index contributed by atoms with van der Waals surface area (Å²) in [5, 5.41) is 6.98. The Bertz CT molecular complexity index is 798. The fourth-order valence-electron chi connectivity index (χ4n) is 2.95. The van der Waals surface area contributed by atoms with Gasteiger partial charge in [-0.3, -0.25) is 9.99 Å². The Hall–Kier alpha value is -2.94. The summed E-state index contributed by atoms with van der Waals surface area (Å²) in [5.74, 6) is 0. The molecular weight excluding hydrogens is 282 g/mol. The molecule has 1 aliphatic rings. The van der Waals surface area contributed by atoms with Crippen LogP contribution in [0.5, 0.6) is 0 Å². The number of anilines is 1. The van der Waals surface area contributed by atoms with Crippen LogP contribution in [0.4, 0.5) is 5.69 Å². The Labute approximate surface area is 135 Å². The molecule has 0 saturated carbocycles. The molecule has 0 bridgehead atoms. The van der Waals surface area contributed by atoms with E-state index in [0.29, 0.717) is 0 Å². The number of hydrogen-bond donors (Lipinski definition) is 0. The average Bonchev–Trinajstić information content (AvgIpc) is 3.09. The van der Waals surface area contributed by atoms with E-state index >= 15 is 0 Å². The maximum Gasteiger partial charge on any atom is 0.0890 e. The van der Waals surface area contributed by atoms with E-state index in [-0.39, 0.29) is 6.04 Å². The van der Waals surface area contributed by atoms with Gasteiger partial charge in [0.25, 0.3) is 0 Å². The molecule has 1 atom stereocenters. The van der Waals surface area contributed by atoms with E-state index in [2.05, 4.69) is 46.4 Å². The Morgan fingerprint density at radius 3 is 2.17 bits per heavy atom. The first-order chi connectivity index (χ1) is 11.4. The lowest BCUT2D eigenvalue weighted by Gasteiger charge is -2.23. The topological polar surface area (TPSA) is 28.5 Å². The van der Waals surface area contributed by atoms with Crippen LogP contribution in [0.3, 0.4) is 0 Å². The van der Waals surface area contributed by atoms with Crippen LogP contribution in [0.15, 0.2) is 90.2 Å². The van der Waals surface area contributed by atoms with Crippen LogP contribution in [0.25, 0.3) is 0 Å². The highest BCUT2D eigenvalue weighted by atomic mass is 15.5. The van der Waals surface area contributed by atoms with Crippen molar-refractivity contribution in [3.63, 3.8) is 0 Å². The number of rotatable bonds is 3. The normalized spacial score (nSPS) is 17.1. The molecule has 0 N–H and O–H groups in total. The van der Waals surface area contributed by atoms with Crippen LogP contribution < -0.4 is 5.01 Å². The second-order valence-electron chi connectivity index (χ2n) is 5.57. The van der Waals surface area contributed by atoms with Gasteiger partial charge in [-0.25, -0.2) is 0 Å². The molecule has 2 aromatic carbocycles. The molecule has 0 unspecified atom stereocenters. The Balaban J connectivity index is 1.75. The molecule has 0 saturated heterocycles. The Morgan fingerprint density at radius 2 is 1.48 bits per heavy atom. The van der Waals surface area contributed by atoms with Gasteiger partial charge in [0.1, 0.15) is 0 Å². The summed E-state index contributed by atoms with van der Waals surface area (Å²) in [6, 6.07) is 27.0. The van der Waals surface area contributed by atoms with Gasteiger partial charge in [-0.15, -0.1) is 0 Å². The number of pyridine rings is 1. The van der Waals surface area contributed by atoms with Crippen molar-refractivity contribution in [3.05, 3.63) is 96.3 Å². The van der Waals surface area contributed by atoms with Gasteiger partial charge >= 0.3 is 0 Å². The van der Waals surface area contributed by atoms with E-state index in [1.54, 1.807) is 0 Å². The number of nitrogens with zero attached hydrogens (tertiary/aromatic N) is 3. The molecule has 1 aliphatic heterocycles. The quantitative estimate of drug-likeness (QED) is 0.715. The summed E-state index contributed by atoms with van der Waals surface area (Å²) in [5.41, 5.74) is 4.36. The first-order valence-corrected chi connectivity index (χ1v) is 7.80. The van der Waals surface area contributed by atoms with Gasteiger partial charge < -0.3 is 0 Å². The monoisotopic (exact) mass is 299 g/mol. The third kappa shape index (κ3) is 2.73. The summed E-state index contributed by atoms with van der Waals surface area (Å²) < 4.78 is 0. The molecule has 4 rings (SSSR count). The van der Waals surface area contributed by atoms with Gasteiger partial charge in [0, 0.05) is 12.6 Å². The molecule has 3 nitrogen and oxygen atoms in total. The fraction of sp³-hybridized carbons (Fsp3) is 0.100. The lowest BCUT2D eigenvalue weighted by atomic mass is 10.00. The molecule has 23 heavy (non-hydrogen) atoms. The number of hydrogen-bond acceptors (Lipinski definition) is 3. The minimum Gasteiger partial charge on any atom is -0.257 e. The van der Waals surface area contributed by atoms with Crippen LogP contribution >= 0.6 is 0 Å². The van der Waals surface area contributed by atoms with Crippen molar-refractivity contribution in [2.45, 2.75) is 12.5 Å². The molecule has 0 fully saturated rings. The van der Waals surface area contributed by atoms with Crippen molar-refractivity contribution in [2.24, 2.45) is 5.10 Å². The highest BCUT2D eigenvalue weighted by Gasteiger charge is 2.30. The molecule has 0 aliphatic carbocycles. The maximum atomic E-state index is 4.87. The van der Waals surface area contributed by atoms with Crippen molar-refractivity contribution in [2.75, 3.05) is 5.01 Å². The van der Waals surface area contributed by atoms with Gasteiger partial charge in [0.2, 0.25) is 0 Å². The van der Waals surface area contributed by atoms with E-state index in [4.69, 9.17) is 5.10 Å². The van der Waals surface area contributed by atoms with Gasteiger partial charge in [0.15, 0.2) is 0 Å². The average molecular weight is 299 g/mol. The van der Waals surface area contributed by atoms with Crippen LogP contribution in [0.2, 0.25) is 0 Å². The summed E-state index contributed by atoms with van der Waals surface area (Å²) in [4.78, 5) is 4.46. The minimum absolute atomic E-state index is 0.204. The fourth-order valence-corrected chi connectivity index (χ4v) is 2.95. The summed E-state index contributed by atoms with van der Waals surface area (Å²) >= 11 is 0. The zero-order valence-corrected chi connectivity index (χ0v) is 12.7. The Kier molecular flexibility index (Phi) is 3.60. The van der Waals surface area contributed by atoms with Gasteiger partial charge in [-0.1, -0.05) is 54.6 Å². The van der Waals surface area contributed by atoms with Crippen molar-refractivity contribution >= 4 is 11.4 Å². The molecular formula is C20H17N3. The first-order valence-electron chi connectivity index (χ1n) is 7.80. The van der Waals surface area contributed by atoms with E-state index < -0.39 is 0 Å². The number of benzene rings is 2. The van der Waals surface area contributed by atoms with Crippen molar-refractivity contribution < 1.29 is 0 Å². The molecule has 1 aromatic heterocycles. The molecule has 0 spiro atoms. The lowest BCUT2D eigenvalue weighted by Crippen LogP contribution is -2.18. The standard InChI is InChI=1S/C20H17N3/c1-3-9-16(10-4-1)20-15-19(18-13-7-8-14-21-18)22-23(20)17-11-5-2-6-12-17/h1-14,20H,15H2/t20-/m0/s1. The van der Waals surface area contributed by atoms with Crippen LogP contribution in [0.1, 0.15) is 23.7 Å². The highest BCUT2D eigenvalue weighted by Crippen LogP contribution is 2.36. The second-order valence-corrected chi connectivity index (χ2v) is 5.57. The zero-order chi connectivity index (χ0) is 15.5. The SMILES string of the molecule is c1ccc([C@@H]2CC(c3ccccn3)=NN2c2ccccc2)cc1. The second kappa shape index (κ2) is 6.05. The summed E-state index contributed by atoms with van der Waals surface area (Å²) in [6.45, 7) is 0. The van der Waals surface area contributed by atoms with Crippen LogP contribution in [-0.2, 0) is 0 Å². The van der Waals surface area contributed by atoms with E-state index in [1.165, 1.54) is 5.56 Å². The van der Waals surface area contributed by atoms with Crippen LogP contribution in [0, 0.1) is 0 Å². The predicted molar refractivity (Wildman–Crippen MR) is 93.5 cm³/mol. The summed E-state index contributed by atoms with van der Waals surface area (Å²) in [6.07, 6.45) is 2.68. The summed E-state index contributed by atoms with van der Waals surface area (Å²) in [7, 11) is 0. The van der Waals surface area contributed by atoms with Crippen molar-refractivity contribution in [3.8, 4) is 0 Å². The van der Waals surface area contributed by atoms with Gasteiger partial charge in [-0.2, -0.15) is 5.10 Å². The largest absolute Gasteiger partial charge is 0.257 e. The molecule has 2 heterocycles. The predicted octanol–water partition coefficient (Wildman–Crippen LogP) is 4.44. The molecule has 0 radical (unpaired) electrons. The van der Waals surface area contributed by atoms with Gasteiger partial charge in [0.05, 0.1) is 23.1 Å². The molecule has 112 valence electrons. The van der Waals surface area contributed by atoms with E-state index in [1.807, 2.05) is 48.7 Å². The maximum absolute atomic E-state index is 4.87. The third-order valence-electron chi connectivity index (χ3n) is 4.08. The number of para-hydroxylation sites is 1. The van der Waals surface area contributed by atoms with Crippen LogP contribution in [-0.4, -0.2) is 10.7 Å². The van der Waals surface area contributed by atoms with E-state index in [9.17, 15) is 0 Å². The molecule has 3 heteroatoms. The lowest BCUT2D eigenvalue weighted by molar-refractivity contribution is 0.709. The Morgan fingerprint density at radius 1 is 0.783 bits per heavy atom. The van der Waals surface area contributed by atoms with E-state index in [0.717, 1.165) is 23.5 Å². The molecule has 3 aromatic rings. The molecule has 0 amide bonds. The third-order valence-corrected chi connectivity index (χ3v) is 4.08. The zero-order valence-electron chi connectivity index (χ0n) is 12.7. The van der Waals surface area contributed by atoms with Gasteiger partial charge in [-0.05, 0) is 29.8 Å². The van der Waals surface area contributed by atoms with Crippen molar-refractivity contribution in [1.82, 2.24) is 4.98 Å². The smallest absolute Gasteiger partial charge is 0.0890 e. The number of aromatic nitrogens is 1. The minimum atomic E-state index is 0.204. The first kappa shape index (κ1) is 13.7.